The number of benzene rings is 2. The van der Waals surface area contributed by atoms with E-state index in [1.54, 1.807) is 14.2 Å². The second-order valence-corrected chi connectivity index (χ2v) is 7.90. The number of rotatable bonds is 5. The topological polar surface area (TPSA) is 56.6 Å². The summed E-state index contributed by atoms with van der Waals surface area (Å²) in [4.78, 5) is 15.4. The minimum atomic E-state index is 0.105. The van der Waals surface area contributed by atoms with Crippen molar-refractivity contribution in [3.63, 3.8) is 0 Å². The van der Waals surface area contributed by atoms with Crippen LogP contribution in [0.5, 0.6) is 11.5 Å². The third-order valence-corrected chi connectivity index (χ3v) is 6.33. The number of carbonyl (C=O) groups is 1. The van der Waals surface area contributed by atoms with Gasteiger partial charge in [-0.1, -0.05) is 18.2 Å². The second kappa shape index (κ2) is 7.52. The molecule has 2 bridgehead atoms. The van der Waals surface area contributed by atoms with Crippen molar-refractivity contribution >= 4 is 5.91 Å². The Morgan fingerprint density at radius 1 is 1.07 bits per heavy atom. The Labute approximate surface area is 176 Å². The van der Waals surface area contributed by atoms with Crippen molar-refractivity contribution in [2.75, 3.05) is 14.2 Å². The fraction of sp³-hybridized carbons (Fsp3) is 0.333. The lowest BCUT2D eigenvalue weighted by atomic mass is 9.98. The van der Waals surface area contributed by atoms with E-state index >= 15 is 0 Å². The SMILES string of the molecule is COc1ccc(-n2ncc3c2C[C@H]2CC[C@@H]3N2C(=O)Cc2ccccc2OC)cc1. The van der Waals surface area contributed by atoms with E-state index in [4.69, 9.17) is 9.47 Å². The highest BCUT2D eigenvalue weighted by Gasteiger charge is 2.44. The quantitative estimate of drug-likeness (QED) is 0.652. The average molecular weight is 403 g/mol. The van der Waals surface area contributed by atoms with Crippen LogP contribution in [-0.2, 0) is 17.6 Å². The van der Waals surface area contributed by atoms with Gasteiger partial charge >= 0.3 is 0 Å². The Bertz CT molecular complexity index is 1070. The van der Waals surface area contributed by atoms with Crippen LogP contribution in [0.3, 0.4) is 0 Å². The molecule has 0 saturated carbocycles. The molecule has 5 rings (SSSR count). The van der Waals surface area contributed by atoms with Gasteiger partial charge in [0.15, 0.2) is 0 Å². The van der Waals surface area contributed by atoms with Crippen LogP contribution in [0.15, 0.2) is 54.7 Å². The summed E-state index contributed by atoms with van der Waals surface area (Å²) in [5.41, 5.74) is 4.34. The van der Waals surface area contributed by atoms with Crippen molar-refractivity contribution in [1.82, 2.24) is 14.7 Å². The Kier molecular flexibility index (Phi) is 4.69. The van der Waals surface area contributed by atoms with Gasteiger partial charge in [-0.3, -0.25) is 4.79 Å². The number of amides is 1. The molecule has 0 spiro atoms. The molecule has 6 heteroatoms. The Morgan fingerprint density at radius 2 is 1.87 bits per heavy atom. The lowest BCUT2D eigenvalue weighted by Crippen LogP contribution is -2.42. The molecule has 1 amide bonds. The molecule has 0 unspecified atom stereocenters. The molecule has 30 heavy (non-hydrogen) atoms. The number of hydrogen-bond donors (Lipinski definition) is 0. The van der Waals surface area contributed by atoms with Gasteiger partial charge in [0.05, 0.1) is 44.3 Å². The van der Waals surface area contributed by atoms with Crippen LogP contribution in [0.4, 0.5) is 0 Å². The number of carbonyl (C=O) groups excluding carboxylic acids is 1. The molecule has 0 N–H and O–H groups in total. The van der Waals surface area contributed by atoms with E-state index in [-0.39, 0.29) is 18.0 Å². The molecule has 154 valence electrons. The van der Waals surface area contributed by atoms with Gasteiger partial charge in [-0.2, -0.15) is 5.10 Å². The fourth-order valence-corrected chi connectivity index (χ4v) is 4.91. The monoisotopic (exact) mass is 403 g/mol. The lowest BCUT2D eigenvalue weighted by molar-refractivity contribution is -0.134. The minimum Gasteiger partial charge on any atom is -0.497 e. The van der Waals surface area contributed by atoms with Crippen molar-refractivity contribution in [2.24, 2.45) is 0 Å². The van der Waals surface area contributed by atoms with Gasteiger partial charge in [0.1, 0.15) is 11.5 Å². The number of fused-ring (bicyclic) bond motifs is 4. The van der Waals surface area contributed by atoms with Crippen LogP contribution >= 0.6 is 0 Å². The van der Waals surface area contributed by atoms with E-state index in [0.29, 0.717) is 6.42 Å². The lowest BCUT2D eigenvalue weighted by Gasteiger charge is -2.35. The van der Waals surface area contributed by atoms with Crippen molar-refractivity contribution in [1.29, 1.82) is 0 Å². The minimum absolute atomic E-state index is 0.105. The van der Waals surface area contributed by atoms with E-state index in [0.717, 1.165) is 42.0 Å². The molecule has 0 radical (unpaired) electrons. The van der Waals surface area contributed by atoms with Crippen LogP contribution in [-0.4, -0.2) is 40.8 Å². The molecule has 2 aliphatic heterocycles. The summed E-state index contributed by atoms with van der Waals surface area (Å²) in [5.74, 6) is 1.76. The third-order valence-electron chi connectivity index (χ3n) is 6.33. The largest absolute Gasteiger partial charge is 0.497 e. The molecule has 6 nitrogen and oxygen atoms in total. The first-order valence-corrected chi connectivity index (χ1v) is 10.3. The van der Waals surface area contributed by atoms with Crippen molar-refractivity contribution in [3.8, 4) is 17.2 Å². The van der Waals surface area contributed by atoms with Gasteiger partial charge in [0.2, 0.25) is 5.91 Å². The van der Waals surface area contributed by atoms with E-state index in [1.165, 1.54) is 11.3 Å². The zero-order valence-electron chi connectivity index (χ0n) is 17.2. The molecule has 0 aliphatic carbocycles. The molecule has 2 aliphatic rings. The molecular weight excluding hydrogens is 378 g/mol. The predicted octanol–water partition coefficient (Wildman–Crippen LogP) is 3.72. The summed E-state index contributed by atoms with van der Waals surface area (Å²) < 4.78 is 12.7. The van der Waals surface area contributed by atoms with Crippen LogP contribution in [0, 0.1) is 0 Å². The van der Waals surface area contributed by atoms with Crippen LogP contribution in [0.2, 0.25) is 0 Å². The maximum Gasteiger partial charge on any atom is 0.227 e. The number of nitrogens with zero attached hydrogens (tertiary/aromatic N) is 3. The molecule has 1 aromatic heterocycles. The molecule has 2 aromatic carbocycles. The zero-order chi connectivity index (χ0) is 20.7. The van der Waals surface area contributed by atoms with E-state index in [1.807, 2.05) is 59.4 Å². The van der Waals surface area contributed by atoms with Crippen molar-refractivity contribution in [2.45, 2.75) is 37.8 Å². The zero-order valence-corrected chi connectivity index (χ0v) is 17.2. The van der Waals surface area contributed by atoms with Gasteiger partial charge in [0.25, 0.3) is 0 Å². The first-order chi connectivity index (χ1) is 14.7. The smallest absolute Gasteiger partial charge is 0.227 e. The van der Waals surface area contributed by atoms with Gasteiger partial charge in [0, 0.05) is 23.6 Å². The highest BCUT2D eigenvalue weighted by atomic mass is 16.5. The number of methoxy groups -OCH3 is 2. The summed E-state index contributed by atoms with van der Waals surface area (Å²) >= 11 is 0. The van der Waals surface area contributed by atoms with Crippen LogP contribution < -0.4 is 9.47 Å². The highest BCUT2D eigenvalue weighted by Crippen LogP contribution is 2.44. The maximum atomic E-state index is 13.3. The summed E-state index contributed by atoms with van der Waals surface area (Å²) in [5, 5.41) is 4.67. The molecule has 3 aromatic rings. The van der Waals surface area contributed by atoms with Gasteiger partial charge in [-0.15, -0.1) is 0 Å². The van der Waals surface area contributed by atoms with Gasteiger partial charge < -0.3 is 14.4 Å². The number of ether oxygens (including phenoxy) is 2. The fourth-order valence-electron chi connectivity index (χ4n) is 4.91. The summed E-state index contributed by atoms with van der Waals surface area (Å²) in [6.45, 7) is 0. The Balaban J connectivity index is 1.42. The summed E-state index contributed by atoms with van der Waals surface area (Å²) in [6.07, 6.45) is 5.15. The first kappa shape index (κ1) is 18.7. The number of para-hydroxylation sites is 1. The van der Waals surface area contributed by atoms with Crippen LogP contribution in [0.25, 0.3) is 5.69 Å². The number of hydrogen-bond acceptors (Lipinski definition) is 4. The van der Waals surface area contributed by atoms with Crippen molar-refractivity contribution < 1.29 is 14.3 Å². The number of aromatic nitrogens is 2. The Morgan fingerprint density at radius 3 is 2.63 bits per heavy atom. The van der Waals surface area contributed by atoms with E-state index < -0.39 is 0 Å². The van der Waals surface area contributed by atoms with Gasteiger partial charge in [-0.25, -0.2) is 4.68 Å². The molecule has 1 fully saturated rings. The molecule has 2 atom stereocenters. The molecular formula is C24H25N3O3. The predicted molar refractivity (Wildman–Crippen MR) is 113 cm³/mol. The van der Waals surface area contributed by atoms with Crippen molar-refractivity contribution in [3.05, 3.63) is 71.5 Å². The summed E-state index contributed by atoms with van der Waals surface area (Å²) in [7, 11) is 3.31. The molecule has 3 heterocycles. The van der Waals surface area contributed by atoms with Crippen LogP contribution in [0.1, 0.15) is 35.7 Å². The average Bonchev–Trinajstić information content (AvgIpc) is 3.35. The maximum absolute atomic E-state index is 13.3. The molecule has 1 saturated heterocycles. The van der Waals surface area contributed by atoms with Gasteiger partial charge in [-0.05, 0) is 43.2 Å². The Hall–Kier alpha value is -3.28. The highest BCUT2D eigenvalue weighted by molar-refractivity contribution is 5.81. The second-order valence-electron chi connectivity index (χ2n) is 7.90. The van der Waals surface area contributed by atoms with E-state index in [2.05, 4.69) is 10.00 Å². The summed E-state index contributed by atoms with van der Waals surface area (Å²) in [6, 6.07) is 16.0. The first-order valence-electron chi connectivity index (χ1n) is 10.3. The third kappa shape index (κ3) is 3.03. The normalized spacial score (nSPS) is 19.5. The standard InChI is InChI=1S/C24H25N3O3/c1-29-19-10-7-17(8-11-19)27-22-14-18-9-12-21(20(22)15-25-27)26(18)24(28)13-16-5-3-4-6-23(16)30-2/h3-8,10-11,15,18,21H,9,12-14H2,1-2H3/t18-,21+/m1/s1. The van der Waals surface area contributed by atoms with E-state index in [9.17, 15) is 4.79 Å².